The highest BCUT2D eigenvalue weighted by Gasteiger charge is 2.09. The van der Waals surface area contributed by atoms with Crippen molar-refractivity contribution >= 4 is 23.6 Å². The van der Waals surface area contributed by atoms with Crippen molar-refractivity contribution in [2.45, 2.75) is 26.5 Å². The van der Waals surface area contributed by atoms with Crippen LogP contribution in [0.4, 0.5) is 4.79 Å². The molecule has 0 bridgehead atoms. The summed E-state index contributed by atoms with van der Waals surface area (Å²) in [6.45, 7) is 3.96. The Bertz CT molecular complexity index is 465. The fourth-order valence-electron chi connectivity index (χ4n) is 1.49. The van der Waals surface area contributed by atoms with Gasteiger partial charge < -0.3 is 20.1 Å². The number of rotatable bonds is 7. The summed E-state index contributed by atoms with van der Waals surface area (Å²) < 4.78 is 10.2. The fourth-order valence-corrected chi connectivity index (χ4v) is 1.62. The Morgan fingerprint density at radius 3 is 2.57 bits per heavy atom. The molecule has 1 aromatic carbocycles. The molecule has 0 aliphatic rings. The Kier molecular flexibility index (Phi) is 7.39. The van der Waals surface area contributed by atoms with Gasteiger partial charge in [-0.05, 0) is 38.1 Å². The molecule has 1 atom stereocenters. The maximum absolute atomic E-state index is 11.6. The molecule has 0 fully saturated rings. The number of ether oxygens (including phenoxy) is 2. The van der Waals surface area contributed by atoms with E-state index in [1.54, 1.807) is 38.1 Å². The SMILES string of the molecule is CCOC(=O)CCNC(=O)NC(C)Oc1ccc(Cl)cc1. The van der Waals surface area contributed by atoms with Crippen LogP contribution in [0.2, 0.25) is 5.02 Å². The summed E-state index contributed by atoms with van der Waals surface area (Å²) in [5.41, 5.74) is 0. The van der Waals surface area contributed by atoms with Crippen LogP contribution in [0.25, 0.3) is 0 Å². The van der Waals surface area contributed by atoms with E-state index in [9.17, 15) is 9.59 Å². The zero-order valence-corrected chi connectivity index (χ0v) is 12.8. The minimum atomic E-state index is -0.520. The minimum Gasteiger partial charge on any atom is -0.471 e. The molecular weight excluding hydrogens is 296 g/mol. The molecule has 2 amide bonds. The van der Waals surface area contributed by atoms with Gasteiger partial charge in [-0.25, -0.2) is 4.79 Å². The van der Waals surface area contributed by atoms with Crippen LogP contribution < -0.4 is 15.4 Å². The number of amides is 2. The van der Waals surface area contributed by atoms with Crippen molar-refractivity contribution < 1.29 is 19.1 Å². The van der Waals surface area contributed by atoms with E-state index in [1.807, 2.05) is 0 Å². The average molecular weight is 315 g/mol. The van der Waals surface area contributed by atoms with Crippen molar-refractivity contribution in [1.29, 1.82) is 0 Å². The molecule has 1 aromatic rings. The molecular formula is C14H19ClN2O4. The van der Waals surface area contributed by atoms with E-state index in [2.05, 4.69) is 10.6 Å². The first-order valence-electron chi connectivity index (χ1n) is 6.63. The number of hydrogen-bond donors (Lipinski definition) is 2. The van der Waals surface area contributed by atoms with E-state index in [-0.39, 0.29) is 18.9 Å². The molecule has 1 rings (SSSR count). The van der Waals surface area contributed by atoms with Crippen LogP contribution in [0, 0.1) is 0 Å². The second-order valence-corrected chi connectivity index (χ2v) is 4.61. The van der Waals surface area contributed by atoms with Gasteiger partial charge in [0, 0.05) is 11.6 Å². The van der Waals surface area contributed by atoms with Gasteiger partial charge in [0.15, 0.2) is 6.23 Å². The van der Waals surface area contributed by atoms with Gasteiger partial charge in [-0.2, -0.15) is 0 Å². The monoisotopic (exact) mass is 314 g/mol. The zero-order chi connectivity index (χ0) is 15.7. The van der Waals surface area contributed by atoms with Crippen molar-refractivity contribution in [3.63, 3.8) is 0 Å². The number of halogens is 1. The van der Waals surface area contributed by atoms with E-state index in [4.69, 9.17) is 21.1 Å². The molecule has 0 radical (unpaired) electrons. The molecule has 0 spiro atoms. The van der Waals surface area contributed by atoms with Crippen LogP contribution in [-0.4, -0.2) is 31.4 Å². The molecule has 0 heterocycles. The van der Waals surface area contributed by atoms with Gasteiger partial charge in [0.2, 0.25) is 0 Å². The maximum Gasteiger partial charge on any atom is 0.317 e. The Morgan fingerprint density at radius 1 is 1.29 bits per heavy atom. The summed E-state index contributed by atoms with van der Waals surface area (Å²) in [6.07, 6.45) is -0.387. The third-order valence-corrected chi connectivity index (χ3v) is 2.63. The standard InChI is InChI=1S/C14H19ClN2O4/c1-3-20-13(18)8-9-16-14(19)17-10(2)21-12-6-4-11(15)5-7-12/h4-7,10H,3,8-9H2,1-2H3,(H2,16,17,19). The van der Waals surface area contributed by atoms with Gasteiger partial charge >= 0.3 is 12.0 Å². The zero-order valence-electron chi connectivity index (χ0n) is 12.0. The van der Waals surface area contributed by atoms with Crippen LogP contribution in [0.5, 0.6) is 5.75 Å². The van der Waals surface area contributed by atoms with Crippen molar-refractivity contribution in [3.8, 4) is 5.75 Å². The lowest BCUT2D eigenvalue weighted by molar-refractivity contribution is -0.142. The second-order valence-electron chi connectivity index (χ2n) is 4.17. The molecule has 0 saturated heterocycles. The van der Waals surface area contributed by atoms with Gasteiger partial charge in [0.05, 0.1) is 13.0 Å². The highest BCUT2D eigenvalue weighted by molar-refractivity contribution is 6.30. The molecule has 116 valence electrons. The quantitative estimate of drug-likeness (QED) is 0.598. The van der Waals surface area contributed by atoms with E-state index in [0.717, 1.165) is 0 Å². The molecule has 2 N–H and O–H groups in total. The summed E-state index contributed by atoms with van der Waals surface area (Å²) >= 11 is 5.76. The Balaban J connectivity index is 2.24. The first-order chi connectivity index (χ1) is 10.0. The fraction of sp³-hybridized carbons (Fsp3) is 0.429. The van der Waals surface area contributed by atoms with Crippen molar-refractivity contribution in [2.75, 3.05) is 13.2 Å². The molecule has 0 aliphatic carbocycles. The van der Waals surface area contributed by atoms with E-state index in [0.29, 0.717) is 17.4 Å². The van der Waals surface area contributed by atoms with Crippen LogP contribution >= 0.6 is 11.6 Å². The van der Waals surface area contributed by atoms with Crippen LogP contribution in [0.3, 0.4) is 0 Å². The number of carbonyl (C=O) groups excluding carboxylic acids is 2. The molecule has 1 unspecified atom stereocenters. The van der Waals surface area contributed by atoms with Gasteiger partial charge in [-0.1, -0.05) is 11.6 Å². The number of carbonyl (C=O) groups is 2. The predicted octanol–water partition coefficient (Wildman–Crippen LogP) is 2.32. The van der Waals surface area contributed by atoms with Crippen LogP contribution in [0.15, 0.2) is 24.3 Å². The van der Waals surface area contributed by atoms with Crippen LogP contribution in [-0.2, 0) is 9.53 Å². The molecule has 0 aliphatic heterocycles. The molecule has 0 saturated carbocycles. The first kappa shape index (κ1) is 17.1. The summed E-state index contributed by atoms with van der Waals surface area (Å²) in [5, 5.41) is 5.75. The van der Waals surface area contributed by atoms with Gasteiger partial charge in [0.25, 0.3) is 0 Å². The van der Waals surface area contributed by atoms with Gasteiger partial charge in [-0.3, -0.25) is 4.79 Å². The van der Waals surface area contributed by atoms with Crippen LogP contribution in [0.1, 0.15) is 20.3 Å². The molecule has 7 heteroatoms. The number of esters is 1. The van der Waals surface area contributed by atoms with E-state index < -0.39 is 12.3 Å². The number of benzene rings is 1. The van der Waals surface area contributed by atoms with Gasteiger partial charge in [-0.15, -0.1) is 0 Å². The summed E-state index contributed by atoms with van der Waals surface area (Å²) in [6, 6.07) is 6.39. The second kappa shape index (κ2) is 9.07. The Morgan fingerprint density at radius 2 is 1.95 bits per heavy atom. The normalized spacial score (nSPS) is 11.4. The smallest absolute Gasteiger partial charge is 0.317 e. The summed E-state index contributed by atoms with van der Waals surface area (Å²) in [7, 11) is 0. The van der Waals surface area contributed by atoms with Crippen molar-refractivity contribution in [2.24, 2.45) is 0 Å². The Hall–Kier alpha value is -1.95. The Labute approximate surface area is 128 Å². The molecule has 6 nitrogen and oxygen atoms in total. The lowest BCUT2D eigenvalue weighted by Gasteiger charge is -2.16. The first-order valence-corrected chi connectivity index (χ1v) is 7.01. The average Bonchev–Trinajstić information content (AvgIpc) is 2.41. The predicted molar refractivity (Wildman–Crippen MR) is 79.3 cm³/mol. The lowest BCUT2D eigenvalue weighted by atomic mass is 10.3. The summed E-state index contributed by atoms with van der Waals surface area (Å²) in [5.74, 6) is 0.252. The number of hydrogen-bond acceptors (Lipinski definition) is 4. The van der Waals surface area contributed by atoms with E-state index in [1.165, 1.54) is 0 Å². The van der Waals surface area contributed by atoms with Crippen molar-refractivity contribution in [1.82, 2.24) is 10.6 Å². The lowest BCUT2D eigenvalue weighted by Crippen LogP contribution is -2.43. The number of urea groups is 1. The molecule has 0 aromatic heterocycles. The molecule has 21 heavy (non-hydrogen) atoms. The minimum absolute atomic E-state index is 0.133. The maximum atomic E-state index is 11.6. The third kappa shape index (κ3) is 7.41. The van der Waals surface area contributed by atoms with Crippen molar-refractivity contribution in [3.05, 3.63) is 29.3 Å². The summed E-state index contributed by atoms with van der Waals surface area (Å²) in [4.78, 5) is 22.6. The number of nitrogens with one attached hydrogen (secondary N) is 2. The third-order valence-electron chi connectivity index (χ3n) is 2.38. The van der Waals surface area contributed by atoms with E-state index >= 15 is 0 Å². The largest absolute Gasteiger partial charge is 0.471 e. The highest BCUT2D eigenvalue weighted by atomic mass is 35.5. The highest BCUT2D eigenvalue weighted by Crippen LogP contribution is 2.16. The topological polar surface area (TPSA) is 76.7 Å². The van der Waals surface area contributed by atoms with Gasteiger partial charge in [0.1, 0.15) is 5.75 Å².